The molecule has 3 aliphatic carbocycles. The Hall–Kier alpha value is -0.540. The fraction of sp³-hybridized carbons (Fsp3) is 0.913. The molecule has 0 aromatic heterocycles. The SMILES string of the molecule is CCCC1CCC(C2CC=C(C3CCC(C(F)(F)F)C(F)C3C)CC2)CC1. The van der Waals surface area contributed by atoms with Gasteiger partial charge in [0.05, 0.1) is 5.92 Å². The predicted octanol–water partition coefficient (Wildman–Crippen LogP) is 7.88. The van der Waals surface area contributed by atoms with E-state index in [9.17, 15) is 17.6 Å². The molecule has 0 heterocycles. The van der Waals surface area contributed by atoms with Crippen LogP contribution in [0.2, 0.25) is 0 Å². The lowest BCUT2D eigenvalue weighted by atomic mass is 9.66. The highest BCUT2D eigenvalue weighted by molar-refractivity contribution is 5.14. The monoisotopic (exact) mass is 388 g/mol. The molecule has 0 N–H and O–H groups in total. The summed E-state index contributed by atoms with van der Waals surface area (Å²) in [5.74, 6) is 0.214. The molecule has 0 aliphatic heterocycles. The van der Waals surface area contributed by atoms with Gasteiger partial charge < -0.3 is 0 Å². The van der Waals surface area contributed by atoms with Gasteiger partial charge in [0.15, 0.2) is 0 Å². The number of alkyl halides is 4. The van der Waals surface area contributed by atoms with Crippen molar-refractivity contribution in [1.29, 1.82) is 0 Å². The van der Waals surface area contributed by atoms with Crippen LogP contribution in [0.1, 0.15) is 84.5 Å². The Labute approximate surface area is 162 Å². The first kappa shape index (κ1) is 21.2. The summed E-state index contributed by atoms with van der Waals surface area (Å²) < 4.78 is 53.5. The van der Waals surface area contributed by atoms with E-state index in [4.69, 9.17) is 0 Å². The fourth-order valence-corrected chi connectivity index (χ4v) is 6.23. The molecule has 0 spiro atoms. The molecule has 0 aromatic rings. The lowest BCUT2D eigenvalue weighted by molar-refractivity contribution is -0.207. The van der Waals surface area contributed by atoms with Crippen molar-refractivity contribution in [3.8, 4) is 0 Å². The summed E-state index contributed by atoms with van der Waals surface area (Å²) in [4.78, 5) is 0. The number of hydrogen-bond donors (Lipinski definition) is 0. The van der Waals surface area contributed by atoms with Crippen molar-refractivity contribution in [2.45, 2.75) is 96.8 Å². The topological polar surface area (TPSA) is 0 Å². The van der Waals surface area contributed by atoms with Crippen LogP contribution in [0.5, 0.6) is 0 Å². The minimum absolute atomic E-state index is 0.0137. The Morgan fingerprint density at radius 3 is 2.22 bits per heavy atom. The van der Waals surface area contributed by atoms with Crippen LogP contribution in [0.25, 0.3) is 0 Å². The highest BCUT2D eigenvalue weighted by Crippen LogP contribution is 2.49. The van der Waals surface area contributed by atoms with Crippen LogP contribution < -0.4 is 0 Å². The maximum absolute atomic E-state index is 14.5. The molecule has 3 rings (SSSR count). The van der Waals surface area contributed by atoms with Gasteiger partial charge in [0, 0.05) is 0 Å². The molecular formula is C23H36F4. The zero-order valence-electron chi connectivity index (χ0n) is 16.9. The molecule has 2 saturated carbocycles. The van der Waals surface area contributed by atoms with Crippen molar-refractivity contribution >= 4 is 0 Å². The van der Waals surface area contributed by atoms with Crippen molar-refractivity contribution in [3.05, 3.63) is 11.6 Å². The molecule has 5 unspecified atom stereocenters. The highest BCUT2D eigenvalue weighted by Gasteiger charge is 2.51. The van der Waals surface area contributed by atoms with Crippen LogP contribution in [0.4, 0.5) is 17.6 Å². The standard InChI is InChI=1S/C23H36F4/c1-3-4-16-5-7-17(8-6-16)18-9-11-19(12-10-18)20-13-14-21(23(25,26)27)22(24)15(20)2/h11,15-18,20-22H,3-10,12-14H2,1-2H3. The van der Waals surface area contributed by atoms with Crippen LogP contribution in [-0.2, 0) is 0 Å². The van der Waals surface area contributed by atoms with Gasteiger partial charge in [-0.25, -0.2) is 4.39 Å². The van der Waals surface area contributed by atoms with Crippen molar-refractivity contribution < 1.29 is 17.6 Å². The maximum atomic E-state index is 14.5. The fourth-order valence-electron chi connectivity index (χ4n) is 6.23. The zero-order valence-corrected chi connectivity index (χ0v) is 16.9. The van der Waals surface area contributed by atoms with E-state index >= 15 is 0 Å². The van der Waals surface area contributed by atoms with Crippen molar-refractivity contribution in [2.24, 2.45) is 35.5 Å². The van der Waals surface area contributed by atoms with Gasteiger partial charge in [0.25, 0.3) is 0 Å². The molecule has 0 amide bonds. The van der Waals surface area contributed by atoms with Gasteiger partial charge >= 0.3 is 6.18 Å². The molecule has 0 bridgehead atoms. The Morgan fingerprint density at radius 2 is 1.67 bits per heavy atom. The third-order valence-electron chi connectivity index (χ3n) is 7.95. The largest absolute Gasteiger partial charge is 0.394 e. The Bertz CT molecular complexity index is 501. The van der Waals surface area contributed by atoms with Gasteiger partial charge in [-0.3, -0.25) is 0 Å². The van der Waals surface area contributed by atoms with E-state index in [2.05, 4.69) is 13.0 Å². The maximum Gasteiger partial charge on any atom is 0.394 e. The van der Waals surface area contributed by atoms with Gasteiger partial charge in [-0.05, 0) is 74.5 Å². The van der Waals surface area contributed by atoms with Crippen molar-refractivity contribution in [1.82, 2.24) is 0 Å². The smallest absolute Gasteiger partial charge is 0.247 e. The van der Waals surface area contributed by atoms with E-state index in [1.165, 1.54) is 44.1 Å². The minimum Gasteiger partial charge on any atom is -0.247 e. The van der Waals surface area contributed by atoms with Gasteiger partial charge in [0.2, 0.25) is 0 Å². The lowest BCUT2D eigenvalue weighted by Gasteiger charge is -2.41. The van der Waals surface area contributed by atoms with Crippen molar-refractivity contribution in [2.75, 3.05) is 0 Å². The first-order valence-corrected chi connectivity index (χ1v) is 11.2. The molecular weight excluding hydrogens is 352 g/mol. The minimum atomic E-state index is -4.40. The Kier molecular flexibility index (Phi) is 6.95. The summed E-state index contributed by atoms with van der Waals surface area (Å²) in [6.07, 6.45) is 7.83. The summed E-state index contributed by atoms with van der Waals surface area (Å²) in [5, 5.41) is 0. The molecule has 2 fully saturated rings. The molecule has 0 saturated heterocycles. The van der Waals surface area contributed by atoms with E-state index in [-0.39, 0.29) is 12.3 Å². The van der Waals surface area contributed by atoms with Gasteiger partial charge in [0.1, 0.15) is 6.17 Å². The van der Waals surface area contributed by atoms with Gasteiger partial charge in [-0.15, -0.1) is 0 Å². The van der Waals surface area contributed by atoms with Crippen LogP contribution in [0.15, 0.2) is 11.6 Å². The Balaban J connectivity index is 1.53. The molecule has 156 valence electrons. The van der Waals surface area contributed by atoms with Gasteiger partial charge in [-0.2, -0.15) is 13.2 Å². The lowest BCUT2D eigenvalue weighted by Crippen LogP contribution is -2.42. The molecule has 5 atom stereocenters. The number of rotatable bonds is 4. The second-order valence-corrected chi connectivity index (χ2v) is 9.52. The van der Waals surface area contributed by atoms with E-state index < -0.39 is 24.2 Å². The molecule has 3 aliphatic rings. The summed E-state index contributed by atoms with van der Waals surface area (Å²) in [7, 11) is 0. The molecule has 27 heavy (non-hydrogen) atoms. The third-order valence-corrected chi connectivity index (χ3v) is 7.95. The molecule has 0 nitrogen and oxygen atoms in total. The number of allylic oxidation sites excluding steroid dienone is 2. The highest BCUT2D eigenvalue weighted by atomic mass is 19.4. The van der Waals surface area contributed by atoms with Crippen LogP contribution in [0.3, 0.4) is 0 Å². The first-order chi connectivity index (χ1) is 12.8. The quantitative estimate of drug-likeness (QED) is 0.339. The average molecular weight is 389 g/mol. The summed E-state index contributed by atoms with van der Waals surface area (Å²) in [6.45, 7) is 3.96. The third kappa shape index (κ3) is 4.90. The molecule has 0 aromatic carbocycles. The normalized spacial score (nSPS) is 41.3. The second-order valence-electron chi connectivity index (χ2n) is 9.52. The number of hydrogen-bond acceptors (Lipinski definition) is 0. The zero-order chi connectivity index (χ0) is 19.6. The summed E-state index contributed by atoms with van der Waals surface area (Å²) >= 11 is 0. The average Bonchev–Trinajstić information content (AvgIpc) is 2.64. The predicted molar refractivity (Wildman–Crippen MR) is 102 cm³/mol. The van der Waals surface area contributed by atoms with Gasteiger partial charge in [-0.1, -0.05) is 51.2 Å². The van der Waals surface area contributed by atoms with Crippen molar-refractivity contribution in [3.63, 3.8) is 0 Å². The first-order valence-electron chi connectivity index (χ1n) is 11.2. The van der Waals surface area contributed by atoms with E-state index in [1.54, 1.807) is 6.92 Å². The molecule has 0 radical (unpaired) electrons. The number of halogens is 4. The second kappa shape index (κ2) is 8.86. The van der Waals surface area contributed by atoms with E-state index in [0.717, 1.165) is 37.0 Å². The molecule has 4 heteroatoms. The van der Waals surface area contributed by atoms with Crippen LogP contribution in [0, 0.1) is 35.5 Å². The van der Waals surface area contributed by atoms with Crippen LogP contribution in [-0.4, -0.2) is 12.3 Å². The summed E-state index contributed by atoms with van der Waals surface area (Å²) in [5.41, 5.74) is 1.25. The van der Waals surface area contributed by atoms with E-state index in [1.807, 2.05) is 0 Å². The summed E-state index contributed by atoms with van der Waals surface area (Å²) in [6, 6.07) is 0. The Morgan fingerprint density at radius 1 is 0.963 bits per heavy atom. The van der Waals surface area contributed by atoms with E-state index in [0.29, 0.717) is 6.42 Å². The van der Waals surface area contributed by atoms with Crippen LogP contribution >= 0.6 is 0 Å².